The molecule has 4 nitrogen and oxygen atoms in total. The quantitative estimate of drug-likeness (QED) is 0.874. The van der Waals surface area contributed by atoms with E-state index in [4.69, 9.17) is 16.7 Å². The summed E-state index contributed by atoms with van der Waals surface area (Å²) < 4.78 is 46.9. The molecule has 0 fully saturated rings. The molecule has 0 bridgehead atoms. The number of aryl methyl sites for hydroxylation is 1. The molecule has 0 aliphatic heterocycles. The summed E-state index contributed by atoms with van der Waals surface area (Å²) in [5.74, 6) is 0. The molecule has 2 N–H and O–H groups in total. The molecule has 8 heteroatoms. The molecule has 1 aromatic rings. The Balaban J connectivity index is 3.56. The highest BCUT2D eigenvalue weighted by atomic mass is 35.5. The number of nitrogens with zero attached hydrogens (tertiary/aromatic N) is 1. The fourth-order valence-electron chi connectivity index (χ4n) is 1.03. The van der Waals surface area contributed by atoms with Crippen LogP contribution >= 0.6 is 11.6 Å². The maximum absolute atomic E-state index is 12.5. The van der Waals surface area contributed by atoms with E-state index in [1.807, 2.05) is 0 Å². The monoisotopic (exact) mass is 256 g/mol. The highest BCUT2D eigenvalue weighted by Crippen LogP contribution is 2.32. The Bertz CT molecular complexity index is 490. The molecule has 0 saturated heterocycles. The number of nitrogens with two attached hydrogens (primary N) is 1. The van der Waals surface area contributed by atoms with Crippen molar-refractivity contribution in [3.63, 3.8) is 0 Å². The average molecular weight is 257 g/mol. The number of hydrogen-bond donors (Lipinski definition) is 1. The minimum Gasteiger partial charge on any atom is -0.260 e. The van der Waals surface area contributed by atoms with Crippen LogP contribution in [0.2, 0.25) is 5.02 Å². The van der Waals surface area contributed by atoms with E-state index >= 15 is 0 Å². The number of aromatic nitrogens is 1. The predicted octanol–water partition coefficient (Wildman–Crippen LogP) is 1.63. The van der Waals surface area contributed by atoms with Crippen LogP contribution in [0.3, 0.4) is 0 Å². The van der Waals surface area contributed by atoms with Gasteiger partial charge in [0.2, 0.25) is 10.0 Å². The van der Waals surface area contributed by atoms with E-state index in [0.29, 0.717) is 0 Å². The van der Waals surface area contributed by atoms with Gasteiger partial charge in [0, 0.05) is 11.9 Å². The Morgan fingerprint density at radius 3 is 2.47 bits per heavy atom. The van der Waals surface area contributed by atoms with Crippen LogP contribution < -0.4 is 5.14 Å². The first kappa shape index (κ1) is 12.3. The SMILES string of the molecule is Cc1ncc(S(N)(=O)=O)c(Cl)c1C(F)F. The number of rotatable bonds is 2. The minimum atomic E-state index is -4.13. The van der Waals surface area contributed by atoms with E-state index in [0.717, 1.165) is 6.20 Å². The van der Waals surface area contributed by atoms with Crippen LogP contribution in [-0.2, 0) is 10.0 Å². The van der Waals surface area contributed by atoms with E-state index in [2.05, 4.69) is 4.98 Å². The molecule has 0 unspecified atom stereocenters. The molecule has 0 radical (unpaired) electrons. The lowest BCUT2D eigenvalue weighted by molar-refractivity contribution is 0.150. The van der Waals surface area contributed by atoms with Crippen molar-refractivity contribution in [2.24, 2.45) is 5.14 Å². The van der Waals surface area contributed by atoms with Gasteiger partial charge in [-0.25, -0.2) is 22.3 Å². The first-order valence-corrected chi connectivity index (χ1v) is 5.63. The molecule has 1 aromatic heterocycles. The van der Waals surface area contributed by atoms with Gasteiger partial charge in [0.1, 0.15) is 4.90 Å². The van der Waals surface area contributed by atoms with Crippen molar-refractivity contribution in [3.05, 3.63) is 22.5 Å². The standard InChI is InChI=1S/C7H7ClF2N2O2S/c1-3-5(7(9)10)6(8)4(2-12-3)15(11,13)14/h2,7H,1H3,(H2,11,13,14). The maximum Gasteiger partial charge on any atom is 0.267 e. The van der Waals surface area contributed by atoms with Crippen molar-refractivity contribution < 1.29 is 17.2 Å². The molecule has 15 heavy (non-hydrogen) atoms. The zero-order chi connectivity index (χ0) is 11.8. The molecule has 0 aliphatic rings. The summed E-state index contributed by atoms with van der Waals surface area (Å²) in [6, 6.07) is 0. The van der Waals surface area contributed by atoms with E-state index in [1.165, 1.54) is 6.92 Å². The van der Waals surface area contributed by atoms with Gasteiger partial charge in [-0.15, -0.1) is 0 Å². The smallest absolute Gasteiger partial charge is 0.260 e. The number of halogens is 3. The summed E-state index contributed by atoms with van der Waals surface area (Å²) in [7, 11) is -4.13. The number of alkyl halides is 2. The van der Waals surface area contributed by atoms with Gasteiger partial charge in [-0.2, -0.15) is 0 Å². The lowest BCUT2D eigenvalue weighted by Crippen LogP contribution is -2.14. The third-order valence-electron chi connectivity index (χ3n) is 1.74. The fourth-order valence-corrected chi connectivity index (χ4v) is 2.18. The van der Waals surface area contributed by atoms with Gasteiger partial charge in [0.15, 0.2) is 0 Å². The van der Waals surface area contributed by atoms with Gasteiger partial charge in [-0.05, 0) is 6.92 Å². The molecule has 0 saturated carbocycles. The zero-order valence-electron chi connectivity index (χ0n) is 7.54. The van der Waals surface area contributed by atoms with E-state index in [1.54, 1.807) is 0 Å². The molecule has 0 aromatic carbocycles. The number of pyridine rings is 1. The molecule has 0 atom stereocenters. The number of sulfonamides is 1. The van der Waals surface area contributed by atoms with E-state index in [9.17, 15) is 17.2 Å². The highest BCUT2D eigenvalue weighted by molar-refractivity contribution is 7.89. The van der Waals surface area contributed by atoms with Crippen molar-refractivity contribution in [3.8, 4) is 0 Å². The predicted molar refractivity (Wildman–Crippen MR) is 50.3 cm³/mol. The van der Waals surface area contributed by atoms with Crippen molar-refractivity contribution in [2.45, 2.75) is 18.2 Å². The zero-order valence-corrected chi connectivity index (χ0v) is 9.11. The van der Waals surface area contributed by atoms with Gasteiger partial charge >= 0.3 is 0 Å². The van der Waals surface area contributed by atoms with Crippen LogP contribution in [0.25, 0.3) is 0 Å². The Kier molecular flexibility index (Phi) is 3.27. The summed E-state index contributed by atoms with van der Waals surface area (Å²) in [5, 5.41) is 4.21. The maximum atomic E-state index is 12.5. The third kappa shape index (κ3) is 2.42. The average Bonchev–Trinajstić information content (AvgIpc) is 2.00. The third-order valence-corrected chi connectivity index (χ3v) is 3.18. The molecule has 0 aliphatic carbocycles. The summed E-state index contributed by atoms with van der Waals surface area (Å²) in [4.78, 5) is 2.91. The Labute approximate surface area is 90.1 Å². The van der Waals surface area contributed by atoms with Crippen LogP contribution in [0, 0.1) is 6.92 Å². The largest absolute Gasteiger partial charge is 0.267 e. The van der Waals surface area contributed by atoms with Crippen LogP contribution in [0.5, 0.6) is 0 Å². The number of hydrogen-bond acceptors (Lipinski definition) is 3. The lowest BCUT2D eigenvalue weighted by Gasteiger charge is -2.09. The number of primary sulfonamides is 1. The van der Waals surface area contributed by atoms with E-state index < -0.39 is 31.9 Å². The van der Waals surface area contributed by atoms with E-state index in [-0.39, 0.29) is 5.69 Å². The van der Waals surface area contributed by atoms with Crippen molar-refractivity contribution in [2.75, 3.05) is 0 Å². The lowest BCUT2D eigenvalue weighted by atomic mass is 10.2. The second kappa shape index (κ2) is 3.99. The van der Waals surface area contributed by atoms with Crippen LogP contribution in [0.15, 0.2) is 11.1 Å². The van der Waals surface area contributed by atoms with Crippen molar-refractivity contribution >= 4 is 21.6 Å². The topological polar surface area (TPSA) is 73.0 Å². The van der Waals surface area contributed by atoms with Gasteiger partial charge in [0.25, 0.3) is 6.43 Å². The summed E-state index contributed by atoms with van der Waals surface area (Å²) in [6.45, 7) is 1.31. The van der Waals surface area contributed by atoms with Crippen LogP contribution in [0.1, 0.15) is 17.7 Å². The second-order valence-electron chi connectivity index (χ2n) is 2.78. The van der Waals surface area contributed by atoms with Crippen LogP contribution in [0.4, 0.5) is 8.78 Å². The summed E-state index contributed by atoms with van der Waals surface area (Å²) in [6.07, 6.45) is -2.04. The molecule has 84 valence electrons. The Morgan fingerprint density at radius 1 is 1.53 bits per heavy atom. The molecular formula is C7H7ClF2N2O2S. The Morgan fingerprint density at radius 2 is 2.07 bits per heavy atom. The summed E-state index contributed by atoms with van der Waals surface area (Å²) in [5.41, 5.74) is -0.634. The normalized spacial score (nSPS) is 12.1. The van der Waals surface area contributed by atoms with Gasteiger partial charge in [-0.1, -0.05) is 11.6 Å². The molecule has 1 rings (SSSR count). The summed E-state index contributed by atoms with van der Waals surface area (Å²) >= 11 is 5.51. The molecule has 0 spiro atoms. The first-order valence-electron chi connectivity index (χ1n) is 3.71. The molecular weight excluding hydrogens is 250 g/mol. The minimum absolute atomic E-state index is 0.0256. The fraction of sp³-hybridized carbons (Fsp3) is 0.286. The highest BCUT2D eigenvalue weighted by Gasteiger charge is 2.23. The van der Waals surface area contributed by atoms with Crippen molar-refractivity contribution in [1.82, 2.24) is 4.98 Å². The van der Waals surface area contributed by atoms with Gasteiger partial charge < -0.3 is 0 Å². The van der Waals surface area contributed by atoms with Crippen molar-refractivity contribution in [1.29, 1.82) is 0 Å². The Hall–Kier alpha value is -0.790. The van der Waals surface area contributed by atoms with Gasteiger partial charge in [0.05, 0.1) is 10.6 Å². The first-order chi connectivity index (χ1) is 6.75. The van der Waals surface area contributed by atoms with Crippen LogP contribution in [-0.4, -0.2) is 13.4 Å². The molecule has 1 heterocycles. The molecule has 0 amide bonds. The van der Waals surface area contributed by atoms with Gasteiger partial charge in [-0.3, -0.25) is 4.98 Å². The second-order valence-corrected chi connectivity index (χ2v) is 4.69.